The topological polar surface area (TPSA) is 75.7 Å². The number of rotatable bonds is 4. The molecule has 1 fully saturated rings. The zero-order chi connectivity index (χ0) is 21.0. The van der Waals surface area contributed by atoms with Gasteiger partial charge in [0.2, 0.25) is 5.91 Å². The Labute approximate surface area is 166 Å². The first-order chi connectivity index (χ1) is 13.9. The first-order valence-corrected chi connectivity index (χ1v) is 9.12. The fourth-order valence-electron chi connectivity index (χ4n) is 3.23. The molecule has 0 aliphatic carbocycles. The molecule has 2 aromatic carbocycles. The van der Waals surface area contributed by atoms with Crippen molar-refractivity contribution in [3.63, 3.8) is 0 Å². The Hall–Kier alpha value is -3.29. The Morgan fingerprint density at radius 3 is 2.28 bits per heavy atom. The Morgan fingerprint density at radius 2 is 1.69 bits per heavy atom. The second-order valence-electron chi connectivity index (χ2n) is 6.75. The van der Waals surface area contributed by atoms with Crippen molar-refractivity contribution >= 4 is 23.5 Å². The molecule has 29 heavy (non-hydrogen) atoms. The molecular formula is C21H20F2N2O4. The molecule has 152 valence electrons. The molecule has 1 aliphatic rings. The number of nitrogens with zero attached hydrogens (tertiary/aromatic N) is 1. The van der Waals surface area contributed by atoms with Gasteiger partial charge in [-0.05, 0) is 49.2 Å². The lowest BCUT2D eigenvalue weighted by molar-refractivity contribution is -0.121. The van der Waals surface area contributed by atoms with E-state index >= 15 is 0 Å². The van der Waals surface area contributed by atoms with Gasteiger partial charge in [0, 0.05) is 30.8 Å². The average molecular weight is 402 g/mol. The molecule has 3 rings (SSSR count). The lowest BCUT2D eigenvalue weighted by atomic mass is 9.95. The fraction of sp³-hybridized carbons (Fsp3) is 0.286. The molecule has 6 nitrogen and oxygen atoms in total. The summed E-state index contributed by atoms with van der Waals surface area (Å²) in [6.45, 7) is 0.601. The van der Waals surface area contributed by atoms with E-state index < -0.39 is 23.5 Å². The third kappa shape index (κ3) is 4.77. The van der Waals surface area contributed by atoms with Gasteiger partial charge in [-0.3, -0.25) is 9.59 Å². The molecule has 2 amide bonds. The molecule has 8 heteroatoms. The van der Waals surface area contributed by atoms with E-state index in [1.165, 1.54) is 12.0 Å². The van der Waals surface area contributed by atoms with Crippen molar-refractivity contribution in [3.8, 4) is 0 Å². The summed E-state index contributed by atoms with van der Waals surface area (Å²) in [5, 5.41) is 2.79. The van der Waals surface area contributed by atoms with E-state index in [1.54, 1.807) is 24.3 Å². The number of piperidine rings is 1. The van der Waals surface area contributed by atoms with Crippen LogP contribution >= 0.6 is 0 Å². The van der Waals surface area contributed by atoms with Crippen LogP contribution in [0.1, 0.15) is 33.6 Å². The predicted molar refractivity (Wildman–Crippen MR) is 101 cm³/mol. The number of ether oxygens (including phenoxy) is 1. The highest BCUT2D eigenvalue weighted by molar-refractivity contribution is 5.96. The van der Waals surface area contributed by atoms with Gasteiger partial charge in [0.05, 0.1) is 18.2 Å². The van der Waals surface area contributed by atoms with Crippen molar-refractivity contribution in [1.29, 1.82) is 0 Å². The number of carbonyl (C=O) groups excluding carboxylic acids is 3. The Bertz CT molecular complexity index is 923. The van der Waals surface area contributed by atoms with E-state index in [0.29, 0.717) is 43.2 Å². The lowest BCUT2D eigenvalue weighted by Crippen LogP contribution is -2.41. The molecule has 1 saturated heterocycles. The minimum atomic E-state index is -0.898. The van der Waals surface area contributed by atoms with Crippen LogP contribution in [-0.4, -0.2) is 42.9 Å². The quantitative estimate of drug-likeness (QED) is 0.797. The van der Waals surface area contributed by atoms with Gasteiger partial charge in [-0.25, -0.2) is 13.6 Å². The van der Waals surface area contributed by atoms with Crippen molar-refractivity contribution in [3.05, 3.63) is 65.2 Å². The van der Waals surface area contributed by atoms with Crippen LogP contribution in [0, 0.1) is 17.6 Å². The maximum atomic E-state index is 13.8. The third-order valence-electron chi connectivity index (χ3n) is 4.89. The van der Waals surface area contributed by atoms with Crippen LogP contribution in [0.3, 0.4) is 0 Å². The summed E-state index contributed by atoms with van der Waals surface area (Å²) in [5.74, 6) is -3.09. The molecule has 1 N–H and O–H groups in total. The Kier molecular flexibility index (Phi) is 6.21. The van der Waals surface area contributed by atoms with Crippen molar-refractivity contribution in [2.24, 2.45) is 5.92 Å². The summed E-state index contributed by atoms with van der Waals surface area (Å²) in [6.07, 6.45) is 0.862. The largest absolute Gasteiger partial charge is 0.465 e. The zero-order valence-corrected chi connectivity index (χ0v) is 15.8. The monoisotopic (exact) mass is 402 g/mol. The van der Waals surface area contributed by atoms with Crippen LogP contribution < -0.4 is 5.32 Å². The summed E-state index contributed by atoms with van der Waals surface area (Å²) >= 11 is 0. The summed E-state index contributed by atoms with van der Waals surface area (Å²) < 4.78 is 31.5. The minimum Gasteiger partial charge on any atom is -0.465 e. The van der Waals surface area contributed by atoms with Crippen LogP contribution in [-0.2, 0) is 9.53 Å². The Morgan fingerprint density at radius 1 is 1.03 bits per heavy atom. The van der Waals surface area contributed by atoms with Gasteiger partial charge < -0.3 is 15.0 Å². The SMILES string of the molecule is COC(=O)c1ccc(NC(=O)C2CCN(C(=O)c3ccc(F)cc3F)CC2)cc1. The van der Waals surface area contributed by atoms with Gasteiger partial charge in [0.1, 0.15) is 11.6 Å². The molecule has 0 bridgehead atoms. The van der Waals surface area contributed by atoms with Crippen molar-refractivity contribution < 1.29 is 27.9 Å². The number of anilines is 1. The summed E-state index contributed by atoms with van der Waals surface area (Å²) in [7, 11) is 1.29. The number of halogens is 2. The Balaban J connectivity index is 1.55. The molecule has 0 atom stereocenters. The van der Waals surface area contributed by atoms with E-state index in [-0.39, 0.29) is 17.4 Å². The molecular weight excluding hydrogens is 382 g/mol. The van der Waals surface area contributed by atoms with Gasteiger partial charge in [0.15, 0.2) is 0 Å². The highest BCUT2D eigenvalue weighted by Gasteiger charge is 2.29. The predicted octanol–water partition coefficient (Wildman–Crippen LogP) is 3.24. The number of carbonyl (C=O) groups is 3. The van der Waals surface area contributed by atoms with E-state index in [4.69, 9.17) is 0 Å². The van der Waals surface area contributed by atoms with Gasteiger partial charge in [-0.1, -0.05) is 0 Å². The van der Waals surface area contributed by atoms with E-state index in [0.717, 1.165) is 12.1 Å². The third-order valence-corrected chi connectivity index (χ3v) is 4.89. The number of likely N-dealkylation sites (tertiary alicyclic amines) is 1. The minimum absolute atomic E-state index is 0.181. The summed E-state index contributed by atoms with van der Waals surface area (Å²) in [5.41, 5.74) is 0.750. The number of methoxy groups -OCH3 is 1. The molecule has 1 heterocycles. The number of hydrogen-bond donors (Lipinski definition) is 1. The number of hydrogen-bond acceptors (Lipinski definition) is 4. The van der Waals surface area contributed by atoms with Crippen molar-refractivity contribution in [2.45, 2.75) is 12.8 Å². The number of nitrogens with one attached hydrogen (secondary N) is 1. The van der Waals surface area contributed by atoms with Crippen LogP contribution in [0.4, 0.5) is 14.5 Å². The number of benzene rings is 2. The highest BCUT2D eigenvalue weighted by Crippen LogP contribution is 2.22. The molecule has 2 aromatic rings. The van der Waals surface area contributed by atoms with Crippen LogP contribution in [0.2, 0.25) is 0 Å². The first-order valence-electron chi connectivity index (χ1n) is 9.12. The second kappa shape index (κ2) is 8.81. The highest BCUT2D eigenvalue weighted by atomic mass is 19.1. The number of esters is 1. The van der Waals surface area contributed by atoms with Gasteiger partial charge in [0.25, 0.3) is 5.91 Å². The average Bonchev–Trinajstić information content (AvgIpc) is 2.73. The maximum Gasteiger partial charge on any atom is 0.337 e. The van der Waals surface area contributed by atoms with E-state index in [9.17, 15) is 23.2 Å². The smallest absolute Gasteiger partial charge is 0.337 e. The fourth-order valence-corrected chi connectivity index (χ4v) is 3.23. The standard InChI is InChI=1S/C21H20F2N2O4/c1-29-21(28)14-2-5-16(6-3-14)24-19(26)13-8-10-25(11-9-13)20(27)17-7-4-15(22)12-18(17)23/h2-7,12-13H,8-11H2,1H3,(H,24,26). The van der Waals surface area contributed by atoms with Gasteiger partial charge in [-0.15, -0.1) is 0 Å². The molecule has 0 radical (unpaired) electrons. The van der Waals surface area contributed by atoms with Crippen LogP contribution in [0.25, 0.3) is 0 Å². The van der Waals surface area contributed by atoms with Crippen LogP contribution in [0.15, 0.2) is 42.5 Å². The van der Waals surface area contributed by atoms with Crippen molar-refractivity contribution in [2.75, 3.05) is 25.5 Å². The zero-order valence-electron chi connectivity index (χ0n) is 15.8. The van der Waals surface area contributed by atoms with Gasteiger partial charge in [-0.2, -0.15) is 0 Å². The number of amides is 2. The normalized spacial score (nSPS) is 14.4. The van der Waals surface area contributed by atoms with Crippen LogP contribution in [0.5, 0.6) is 0 Å². The van der Waals surface area contributed by atoms with Gasteiger partial charge >= 0.3 is 5.97 Å². The maximum absolute atomic E-state index is 13.8. The molecule has 1 aliphatic heterocycles. The molecule has 0 saturated carbocycles. The molecule has 0 unspecified atom stereocenters. The van der Waals surface area contributed by atoms with E-state index in [2.05, 4.69) is 10.1 Å². The lowest BCUT2D eigenvalue weighted by Gasteiger charge is -2.31. The first kappa shape index (κ1) is 20.4. The second-order valence-corrected chi connectivity index (χ2v) is 6.75. The summed E-state index contributed by atoms with van der Waals surface area (Å²) in [4.78, 5) is 37.8. The molecule has 0 spiro atoms. The van der Waals surface area contributed by atoms with E-state index in [1.807, 2.05) is 0 Å². The summed E-state index contributed by atoms with van der Waals surface area (Å²) in [6, 6.07) is 9.19. The molecule has 0 aromatic heterocycles. The van der Waals surface area contributed by atoms with Crippen molar-refractivity contribution in [1.82, 2.24) is 4.90 Å².